The number of pyridine rings is 1. The molecule has 2 heterocycles. The predicted molar refractivity (Wildman–Crippen MR) is 135 cm³/mol. The van der Waals surface area contributed by atoms with Crippen molar-refractivity contribution < 1.29 is 14.6 Å². The minimum absolute atomic E-state index is 0.0737. The third kappa shape index (κ3) is 4.58. The normalized spacial score (nSPS) is 14.7. The fourth-order valence-electron chi connectivity index (χ4n) is 4.29. The molecular formula is C26H24N4O5. The van der Waals surface area contributed by atoms with E-state index in [1.807, 2.05) is 54.6 Å². The number of ether oxygens (including phenoxy) is 1. The van der Waals surface area contributed by atoms with E-state index in [0.29, 0.717) is 26.3 Å². The first kappa shape index (κ1) is 22.5. The Balaban J connectivity index is 1.30. The average Bonchev–Trinajstić information content (AvgIpc) is 2.89. The van der Waals surface area contributed by atoms with Crippen molar-refractivity contribution >= 4 is 39.6 Å². The molecule has 9 nitrogen and oxygen atoms in total. The molecule has 0 aliphatic carbocycles. The van der Waals surface area contributed by atoms with Gasteiger partial charge in [0, 0.05) is 36.8 Å². The fraction of sp³-hybridized carbons (Fsp3) is 0.231. The number of benzene rings is 2. The number of carboxylic acids is 1. The Kier molecular flexibility index (Phi) is 6.15. The summed E-state index contributed by atoms with van der Waals surface area (Å²) in [6.45, 7) is 1.87. The van der Waals surface area contributed by atoms with Gasteiger partial charge in [-0.2, -0.15) is 0 Å². The maximum Gasteiger partial charge on any atom is 0.326 e. The number of aliphatic carboxylic acids is 1. The van der Waals surface area contributed by atoms with Crippen molar-refractivity contribution in [2.45, 2.75) is 12.5 Å². The molecule has 9 heteroatoms. The highest BCUT2D eigenvalue weighted by atomic mass is 16.5. The van der Waals surface area contributed by atoms with Crippen LogP contribution in [0.1, 0.15) is 5.56 Å². The van der Waals surface area contributed by atoms with Gasteiger partial charge in [0.1, 0.15) is 23.2 Å². The quantitative estimate of drug-likeness (QED) is 0.332. The largest absolute Gasteiger partial charge is 0.480 e. The summed E-state index contributed by atoms with van der Waals surface area (Å²) in [6.07, 6.45) is 1.89. The number of aromatic nitrogens is 1. The first-order chi connectivity index (χ1) is 17.0. The van der Waals surface area contributed by atoms with Crippen LogP contribution in [0.2, 0.25) is 0 Å². The molecule has 0 saturated carbocycles. The highest BCUT2D eigenvalue weighted by Gasteiger charge is 2.30. The number of carbonyl (C=O) groups is 1. The zero-order valence-corrected chi connectivity index (χ0v) is 18.9. The van der Waals surface area contributed by atoms with Gasteiger partial charge in [-0.05, 0) is 29.1 Å². The van der Waals surface area contributed by atoms with Gasteiger partial charge in [-0.25, -0.2) is 9.78 Å². The number of morpholine rings is 1. The molecule has 1 aliphatic heterocycles. The molecule has 4 aromatic rings. The molecule has 1 atom stereocenters. The maximum absolute atomic E-state index is 12.2. The Morgan fingerprint density at radius 1 is 1.03 bits per heavy atom. The zero-order valence-electron chi connectivity index (χ0n) is 18.9. The lowest BCUT2D eigenvalue weighted by Crippen LogP contribution is -2.48. The molecule has 0 radical (unpaired) electrons. The van der Waals surface area contributed by atoms with E-state index < -0.39 is 22.9 Å². The first-order valence-electron chi connectivity index (χ1n) is 11.4. The lowest BCUT2D eigenvalue weighted by atomic mass is 10.0. The third-order valence-corrected chi connectivity index (χ3v) is 6.16. The summed E-state index contributed by atoms with van der Waals surface area (Å²) in [6, 6.07) is 16.2. The fourth-order valence-corrected chi connectivity index (χ4v) is 4.29. The molecule has 1 fully saturated rings. The van der Waals surface area contributed by atoms with E-state index in [-0.39, 0.29) is 17.8 Å². The van der Waals surface area contributed by atoms with E-state index in [1.165, 1.54) is 0 Å². The maximum atomic E-state index is 12.2. The topological polar surface area (TPSA) is 121 Å². The van der Waals surface area contributed by atoms with Gasteiger partial charge in [0.2, 0.25) is 0 Å². The summed E-state index contributed by atoms with van der Waals surface area (Å²) in [5.74, 6) is -0.371. The summed E-state index contributed by atoms with van der Waals surface area (Å²) in [5, 5.41) is 18.0. The second-order valence-corrected chi connectivity index (χ2v) is 8.42. The van der Waals surface area contributed by atoms with Crippen molar-refractivity contribution in [1.82, 2.24) is 4.98 Å². The smallest absolute Gasteiger partial charge is 0.326 e. The Bertz CT molecular complexity index is 1430. The second kappa shape index (κ2) is 9.55. The number of hydrogen-bond donors (Lipinski definition) is 3. The molecule has 0 unspecified atom stereocenters. The number of anilines is 4. The van der Waals surface area contributed by atoms with Gasteiger partial charge in [-0.1, -0.05) is 36.4 Å². The van der Waals surface area contributed by atoms with Crippen molar-refractivity contribution in [1.29, 1.82) is 0 Å². The minimum Gasteiger partial charge on any atom is -0.480 e. The summed E-state index contributed by atoms with van der Waals surface area (Å²) in [5.41, 5.74) is 0.648. The highest BCUT2D eigenvalue weighted by molar-refractivity contribution is 5.93. The van der Waals surface area contributed by atoms with Crippen LogP contribution in [0.4, 0.5) is 22.9 Å². The SMILES string of the molecule is O=C(O)[C@H](Cc1ccc(Nc2nccc3ccccc23)cc1)Nc1c(N2CCOCC2)c(=O)c1=O. The van der Waals surface area contributed by atoms with Crippen molar-refractivity contribution in [3.8, 4) is 0 Å². The number of hydrogen-bond acceptors (Lipinski definition) is 8. The van der Waals surface area contributed by atoms with Gasteiger partial charge >= 0.3 is 5.97 Å². The summed E-state index contributed by atoms with van der Waals surface area (Å²) < 4.78 is 5.30. The molecule has 0 bridgehead atoms. The molecule has 0 spiro atoms. The van der Waals surface area contributed by atoms with Crippen LogP contribution in [-0.2, 0) is 16.0 Å². The first-order valence-corrected chi connectivity index (χ1v) is 11.4. The molecule has 3 aromatic carbocycles. The number of fused-ring (bicyclic) bond motifs is 1. The van der Waals surface area contributed by atoms with Gasteiger partial charge in [0.15, 0.2) is 0 Å². The average molecular weight is 473 g/mol. The molecule has 1 aliphatic rings. The van der Waals surface area contributed by atoms with Crippen LogP contribution < -0.4 is 26.4 Å². The van der Waals surface area contributed by atoms with Crippen molar-refractivity contribution in [2.75, 3.05) is 41.8 Å². The Labute approximate surface area is 200 Å². The highest BCUT2D eigenvalue weighted by Crippen LogP contribution is 2.25. The van der Waals surface area contributed by atoms with Crippen LogP contribution in [0.5, 0.6) is 0 Å². The summed E-state index contributed by atoms with van der Waals surface area (Å²) >= 11 is 0. The van der Waals surface area contributed by atoms with E-state index in [2.05, 4.69) is 15.6 Å². The Morgan fingerprint density at radius 3 is 2.51 bits per heavy atom. The Hall–Kier alpha value is -4.24. The van der Waals surface area contributed by atoms with Crippen LogP contribution in [0, 0.1) is 0 Å². The van der Waals surface area contributed by atoms with E-state index >= 15 is 0 Å². The van der Waals surface area contributed by atoms with Crippen LogP contribution in [0.3, 0.4) is 0 Å². The van der Waals surface area contributed by atoms with E-state index in [4.69, 9.17) is 4.74 Å². The van der Waals surface area contributed by atoms with Gasteiger partial charge in [0.05, 0.1) is 13.2 Å². The van der Waals surface area contributed by atoms with Gasteiger partial charge in [-0.3, -0.25) is 9.59 Å². The van der Waals surface area contributed by atoms with E-state index in [0.717, 1.165) is 27.8 Å². The molecule has 0 amide bonds. The van der Waals surface area contributed by atoms with Crippen LogP contribution in [0.15, 0.2) is 70.4 Å². The van der Waals surface area contributed by atoms with Crippen molar-refractivity contribution in [2.24, 2.45) is 0 Å². The number of nitrogens with zero attached hydrogens (tertiary/aromatic N) is 2. The van der Waals surface area contributed by atoms with Crippen molar-refractivity contribution in [3.05, 3.63) is 86.8 Å². The van der Waals surface area contributed by atoms with E-state index in [1.54, 1.807) is 11.1 Å². The van der Waals surface area contributed by atoms with Crippen LogP contribution in [0.25, 0.3) is 10.8 Å². The lowest BCUT2D eigenvalue weighted by molar-refractivity contribution is -0.137. The van der Waals surface area contributed by atoms with Crippen molar-refractivity contribution in [3.63, 3.8) is 0 Å². The van der Waals surface area contributed by atoms with Gasteiger partial charge < -0.3 is 25.4 Å². The molecule has 1 saturated heterocycles. The lowest BCUT2D eigenvalue weighted by Gasteiger charge is -2.31. The summed E-state index contributed by atoms with van der Waals surface area (Å²) in [4.78, 5) is 42.5. The molecule has 178 valence electrons. The van der Waals surface area contributed by atoms with Gasteiger partial charge in [0.25, 0.3) is 10.9 Å². The molecule has 35 heavy (non-hydrogen) atoms. The third-order valence-electron chi connectivity index (χ3n) is 6.16. The monoisotopic (exact) mass is 472 g/mol. The molecular weight excluding hydrogens is 448 g/mol. The standard InChI is InChI=1S/C26H24N4O5/c31-23-21(22(24(23)32)30-11-13-35-14-12-30)29-20(26(33)34)15-16-5-7-18(8-6-16)28-25-19-4-2-1-3-17(19)9-10-27-25/h1-10,20,29H,11-15H2,(H,27,28)(H,33,34)/t20-/m0/s1. The number of nitrogens with one attached hydrogen (secondary N) is 2. The summed E-state index contributed by atoms with van der Waals surface area (Å²) in [7, 11) is 0. The van der Waals surface area contributed by atoms with Crippen LogP contribution >= 0.6 is 0 Å². The van der Waals surface area contributed by atoms with E-state index in [9.17, 15) is 19.5 Å². The number of carboxylic acid groups (broad SMARTS) is 1. The molecule has 5 rings (SSSR count). The zero-order chi connectivity index (χ0) is 24.4. The van der Waals surface area contributed by atoms with Crippen LogP contribution in [-0.4, -0.2) is 48.4 Å². The minimum atomic E-state index is -1.10. The second-order valence-electron chi connectivity index (χ2n) is 8.42. The number of rotatable bonds is 8. The van der Waals surface area contributed by atoms with Gasteiger partial charge in [-0.15, -0.1) is 0 Å². The predicted octanol–water partition coefficient (Wildman–Crippen LogP) is 2.52. The molecule has 1 aromatic heterocycles. The molecule has 3 N–H and O–H groups in total. The Morgan fingerprint density at radius 2 is 1.77 bits per heavy atom.